The van der Waals surface area contributed by atoms with E-state index in [1.165, 1.54) is 5.56 Å². The van der Waals surface area contributed by atoms with Gasteiger partial charge in [0, 0.05) is 31.1 Å². The van der Waals surface area contributed by atoms with Crippen molar-refractivity contribution in [3.05, 3.63) is 76.3 Å². The molecule has 0 bridgehead atoms. The summed E-state index contributed by atoms with van der Waals surface area (Å²) in [7, 11) is 1.73. The van der Waals surface area contributed by atoms with E-state index < -0.39 is 0 Å². The van der Waals surface area contributed by atoms with E-state index in [-0.39, 0.29) is 17.4 Å². The lowest BCUT2D eigenvalue weighted by molar-refractivity contribution is -0.135. The first-order chi connectivity index (χ1) is 17.8. The minimum absolute atomic E-state index is 0.0220. The molecule has 1 heterocycles. The second-order valence-electron chi connectivity index (χ2n) is 11.2. The third-order valence-electron chi connectivity index (χ3n) is 8.28. The number of piperidine rings is 1. The van der Waals surface area contributed by atoms with Gasteiger partial charge in [-0.1, -0.05) is 61.3 Å². The van der Waals surface area contributed by atoms with E-state index in [9.17, 15) is 4.79 Å². The van der Waals surface area contributed by atoms with Crippen LogP contribution >= 0.6 is 23.2 Å². The van der Waals surface area contributed by atoms with E-state index in [0.717, 1.165) is 63.2 Å². The van der Waals surface area contributed by atoms with Crippen LogP contribution in [0.4, 0.5) is 0 Å². The van der Waals surface area contributed by atoms with Gasteiger partial charge < -0.3 is 9.64 Å². The Kier molecular flexibility index (Phi) is 9.26. The van der Waals surface area contributed by atoms with Gasteiger partial charge in [0.15, 0.2) is 0 Å². The number of ether oxygens (including phenoxy) is 1. The molecular formula is C31H40Cl2N2O2. The molecule has 1 saturated carbocycles. The maximum Gasteiger partial charge on any atom is 0.227 e. The third kappa shape index (κ3) is 6.35. The summed E-state index contributed by atoms with van der Waals surface area (Å²) in [4.78, 5) is 18.5. The maximum atomic E-state index is 13.8. The quantitative estimate of drug-likeness (QED) is 0.319. The van der Waals surface area contributed by atoms with Crippen LogP contribution in [0.3, 0.4) is 0 Å². The van der Waals surface area contributed by atoms with Crippen LogP contribution in [0.1, 0.15) is 50.7 Å². The highest BCUT2D eigenvalue weighted by molar-refractivity contribution is 6.42. The topological polar surface area (TPSA) is 32.8 Å². The minimum Gasteiger partial charge on any atom is -0.497 e. The van der Waals surface area contributed by atoms with Crippen molar-refractivity contribution in [1.82, 2.24) is 9.80 Å². The number of fused-ring (bicyclic) bond motifs is 1. The Hall–Kier alpha value is -2.01. The zero-order valence-corrected chi connectivity index (χ0v) is 23.9. The molecule has 0 spiro atoms. The lowest BCUT2D eigenvalue weighted by Crippen LogP contribution is -2.57. The monoisotopic (exact) mass is 542 g/mol. The zero-order valence-electron chi connectivity index (χ0n) is 22.4. The number of hydrogen-bond acceptors (Lipinski definition) is 3. The van der Waals surface area contributed by atoms with Gasteiger partial charge in [0.05, 0.1) is 23.6 Å². The number of hydrogen-bond donors (Lipinski definition) is 0. The summed E-state index contributed by atoms with van der Waals surface area (Å²) >= 11 is 12.4. The Morgan fingerprint density at radius 2 is 2.03 bits per heavy atom. The summed E-state index contributed by atoms with van der Waals surface area (Å²) in [6.45, 7) is 12.1. The summed E-state index contributed by atoms with van der Waals surface area (Å²) < 4.78 is 5.62. The molecule has 2 aromatic carbocycles. The number of benzene rings is 2. The van der Waals surface area contributed by atoms with Crippen LogP contribution < -0.4 is 4.74 Å². The van der Waals surface area contributed by atoms with E-state index >= 15 is 0 Å². The molecule has 0 aromatic heterocycles. The molecule has 3 atom stereocenters. The summed E-state index contributed by atoms with van der Waals surface area (Å²) in [6.07, 6.45) is 6.53. The first-order valence-corrected chi connectivity index (χ1v) is 14.2. The fourth-order valence-corrected chi connectivity index (χ4v) is 6.83. The molecule has 0 radical (unpaired) electrons. The molecule has 0 N–H and O–H groups in total. The molecule has 1 amide bonds. The second kappa shape index (κ2) is 12.2. The standard InChI is InChI=1S/C31H40Cl2N2O2/c1-5-14-34-15-13-31(24-7-6-8-27(18-24)37-4)19-26(11-10-25(31)21-34)35(20-22(2)3)30(36)17-23-9-12-28(32)29(33)16-23/h5-9,12,16,18,22,25-26H,1,10-11,13-15,17,19-21H2,2-4H3/t25-,26-,31+/m1/s1. The molecule has 37 heavy (non-hydrogen) atoms. The highest BCUT2D eigenvalue weighted by Gasteiger charge is 2.49. The van der Waals surface area contributed by atoms with Gasteiger partial charge in [0.25, 0.3) is 0 Å². The highest BCUT2D eigenvalue weighted by atomic mass is 35.5. The molecule has 1 aliphatic heterocycles. The summed E-state index contributed by atoms with van der Waals surface area (Å²) in [5.41, 5.74) is 2.28. The van der Waals surface area contributed by atoms with Crippen molar-refractivity contribution in [3.63, 3.8) is 0 Å². The number of carbonyl (C=O) groups is 1. The normalized spacial score (nSPS) is 23.9. The van der Waals surface area contributed by atoms with Crippen molar-refractivity contribution in [2.24, 2.45) is 11.8 Å². The molecule has 4 rings (SSSR count). The molecule has 1 aliphatic carbocycles. The first kappa shape index (κ1) is 28.0. The average Bonchev–Trinajstić information content (AvgIpc) is 2.89. The number of methoxy groups -OCH3 is 1. The van der Waals surface area contributed by atoms with E-state index in [2.05, 4.69) is 48.4 Å². The van der Waals surface area contributed by atoms with E-state index in [0.29, 0.717) is 28.3 Å². The Morgan fingerprint density at radius 3 is 2.73 bits per heavy atom. The molecular weight excluding hydrogens is 503 g/mol. The lowest BCUT2D eigenvalue weighted by atomic mass is 9.57. The molecule has 2 fully saturated rings. The third-order valence-corrected chi connectivity index (χ3v) is 9.02. The number of rotatable bonds is 9. The number of nitrogens with zero attached hydrogens (tertiary/aromatic N) is 2. The Balaban J connectivity index is 1.64. The molecule has 2 aliphatic rings. The van der Waals surface area contributed by atoms with E-state index in [4.69, 9.17) is 27.9 Å². The van der Waals surface area contributed by atoms with Gasteiger partial charge in [0.2, 0.25) is 5.91 Å². The predicted octanol–water partition coefficient (Wildman–Crippen LogP) is 7.03. The smallest absolute Gasteiger partial charge is 0.227 e. The summed E-state index contributed by atoms with van der Waals surface area (Å²) in [5, 5.41) is 1.00. The summed E-state index contributed by atoms with van der Waals surface area (Å²) in [6, 6.07) is 14.3. The molecule has 4 nitrogen and oxygen atoms in total. The highest BCUT2D eigenvalue weighted by Crippen LogP contribution is 2.50. The van der Waals surface area contributed by atoms with Gasteiger partial charge in [-0.25, -0.2) is 0 Å². The number of halogens is 2. The van der Waals surface area contributed by atoms with Crippen molar-refractivity contribution in [2.75, 3.05) is 33.3 Å². The number of likely N-dealkylation sites (tertiary alicyclic amines) is 1. The fourth-order valence-electron chi connectivity index (χ4n) is 6.51. The van der Waals surface area contributed by atoms with Crippen LogP contribution in [0.25, 0.3) is 0 Å². The van der Waals surface area contributed by atoms with Crippen LogP contribution in [0, 0.1) is 11.8 Å². The first-order valence-electron chi connectivity index (χ1n) is 13.5. The number of carbonyl (C=O) groups excluding carboxylic acids is 1. The molecule has 0 unspecified atom stereocenters. The van der Waals surface area contributed by atoms with Crippen molar-refractivity contribution in [2.45, 2.75) is 57.4 Å². The van der Waals surface area contributed by atoms with Crippen LogP contribution in [0.5, 0.6) is 5.75 Å². The van der Waals surface area contributed by atoms with Gasteiger partial charge in [-0.05, 0) is 79.5 Å². The van der Waals surface area contributed by atoms with Crippen molar-refractivity contribution in [1.29, 1.82) is 0 Å². The van der Waals surface area contributed by atoms with E-state index in [1.807, 2.05) is 24.3 Å². The minimum atomic E-state index is 0.0220. The van der Waals surface area contributed by atoms with Crippen LogP contribution in [-0.4, -0.2) is 55.0 Å². The van der Waals surface area contributed by atoms with Crippen molar-refractivity contribution >= 4 is 29.1 Å². The van der Waals surface area contributed by atoms with Crippen molar-refractivity contribution in [3.8, 4) is 5.75 Å². The maximum absolute atomic E-state index is 13.8. The molecule has 1 saturated heterocycles. The largest absolute Gasteiger partial charge is 0.497 e. The van der Waals surface area contributed by atoms with Gasteiger partial charge in [-0.3, -0.25) is 9.69 Å². The Morgan fingerprint density at radius 1 is 1.22 bits per heavy atom. The molecule has 2 aromatic rings. The van der Waals surface area contributed by atoms with Crippen LogP contribution in [0.2, 0.25) is 10.0 Å². The Bertz CT molecular complexity index is 1100. The van der Waals surface area contributed by atoms with Gasteiger partial charge in [-0.15, -0.1) is 6.58 Å². The zero-order chi connectivity index (χ0) is 26.6. The predicted molar refractivity (Wildman–Crippen MR) is 154 cm³/mol. The van der Waals surface area contributed by atoms with Gasteiger partial charge in [-0.2, -0.15) is 0 Å². The lowest BCUT2D eigenvalue weighted by Gasteiger charge is -2.54. The summed E-state index contributed by atoms with van der Waals surface area (Å²) in [5.74, 6) is 1.99. The van der Waals surface area contributed by atoms with Gasteiger partial charge >= 0.3 is 0 Å². The van der Waals surface area contributed by atoms with E-state index in [1.54, 1.807) is 13.2 Å². The second-order valence-corrected chi connectivity index (χ2v) is 12.0. The average molecular weight is 544 g/mol. The molecule has 6 heteroatoms. The van der Waals surface area contributed by atoms with Crippen LogP contribution in [-0.2, 0) is 16.6 Å². The molecule has 200 valence electrons. The van der Waals surface area contributed by atoms with Crippen molar-refractivity contribution < 1.29 is 9.53 Å². The van der Waals surface area contributed by atoms with Gasteiger partial charge in [0.1, 0.15) is 5.75 Å². The Labute approximate surface area is 232 Å². The number of amides is 1. The SMILES string of the molecule is C=CCN1CC[C@@]2(c3cccc(OC)c3)C[C@H](N(CC(C)C)C(=O)Cc3ccc(Cl)c(Cl)c3)CC[C@@H]2C1. The van der Waals surface area contributed by atoms with Crippen LogP contribution in [0.15, 0.2) is 55.1 Å². The fraction of sp³-hybridized carbons (Fsp3) is 0.516.